The van der Waals surface area contributed by atoms with Crippen LogP contribution in [0.5, 0.6) is 0 Å². The summed E-state index contributed by atoms with van der Waals surface area (Å²) >= 11 is 0. The first-order chi connectivity index (χ1) is 6.84. The predicted molar refractivity (Wildman–Crippen MR) is 59.0 cm³/mol. The van der Waals surface area contributed by atoms with Gasteiger partial charge in [0, 0.05) is 0 Å². The maximum Gasteiger partial charge on any atom is 0.120 e. The molecular weight excluding hydrogens is 174 g/mol. The van der Waals surface area contributed by atoms with Gasteiger partial charge >= 0.3 is 0 Å². The Kier molecular flexibility index (Phi) is 5.38. The molecule has 1 heterocycles. The van der Waals surface area contributed by atoms with E-state index in [0.29, 0.717) is 0 Å². The molecule has 1 rings (SSSR count). The lowest BCUT2D eigenvalue weighted by molar-refractivity contribution is 0.439. The van der Waals surface area contributed by atoms with Crippen molar-refractivity contribution in [3.8, 4) is 0 Å². The zero-order valence-electron chi connectivity index (χ0n) is 9.04. The summed E-state index contributed by atoms with van der Waals surface area (Å²) in [6.07, 6.45) is 9.20. The predicted octanol–water partition coefficient (Wildman–Crippen LogP) is 3.64. The van der Waals surface area contributed by atoms with E-state index in [1.807, 2.05) is 12.1 Å². The molecular formula is C12H21NO. The summed E-state index contributed by atoms with van der Waals surface area (Å²) in [5.41, 5.74) is 5.96. The van der Waals surface area contributed by atoms with E-state index in [2.05, 4.69) is 6.92 Å². The highest BCUT2D eigenvalue weighted by molar-refractivity contribution is 5.02. The van der Waals surface area contributed by atoms with Crippen molar-refractivity contribution in [1.82, 2.24) is 0 Å². The highest BCUT2D eigenvalue weighted by Crippen LogP contribution is 2.17. The van der Waals surface area contributed by atoms with E-state index in [9.17, 15) is 0 Å². The molecule has 0 unspecified atom stereocenters. The fourth-order valence-corrected chi connectivity index (χ4v) is 1.61. The lowest BCUT2D eigenvalue weighted by atomic mass is 10.1. The smallest absolute Gasteiger partial charge is 0.120 e. The van der Waals surface area contributed by atoms with Crippen molar-refractivity contribution in [3.05, 3.63) is 24.2 Å². The van der Waals surface area contributed by atoms with Crippen LogP contribution in [0.2, 0.25) is 0 Å². The largest absolute Gasteiger partial charge is 0.468 e. The van der Waals surface area contributed by atoms with Gasteiger partial charge in [-0.25, -0.2) is 0 Å². The summed E-state index contributed by atoms with van der Waals surface area (Å²) in [5.74, 6) is 0.917. The van der Waals surface area contributed by atoms with E-state index >= 15 is 0 Å². The maximum atomic E-state index is 5.96. The molecule has 0 radical (unpaired) electrons. The van der Waals surface area contributed by atoms with Gasteiger partial charge in [-0.2, -0.15) is 0 Å². The number of nitrogens with two attached hydrogens (primary N) is 1. The van der Waals surface area contributed by atoms with Gasteiger partial charge in [0.1, 0.15) is 5.76 Å². The molecule has 2 heteroatoms. The Morgan fingerprint density at radius 1 is 1.29 bits per heavy atom. The molecule has 1 atom stereocenters. The van der Waals surface area contributed by atoms with Gasteiger partial charge in [-0.05, 0) is 18.6 Å². The van der Waals surface area contributed by atoms with Gasteiger partial charge in [-0.15, -0.1) is 0 Å². The van der Waals surface area contributed by atoms with Gasteiger partial charge in [-0.3, -0.25) is 0 Å². The van der Waals surface area contributed by atoms with Crippen LogP contribution in [0.25, 0.3) is 0 Å². The van der Waals surface area contributed by atoms with E-state index < -0.39 is 0 Å². The van der Waals surface area contributed by atoms with Crippen molar-refractivity contribution in [3.63, 3.8) is 0 Å². The van der Waals surface area contributed by atoms with Crippen molar-refractivity contribution in [2.45, 2.75) is 51.5 Å². The fourth-order valence-electron chi connectivity index (χ4n) is 1.61. The van der Waals surface area contributed by atoms with Crippen LogP contribution in [-0.2, 0) is 0 Å². The van der Waals surface area contributed by atoms with Gasteiger partial charge in [0.15, 0.2) is 0 Å². The van der Waals surface area contributed by atoms with E-state index in [1.165, 1.54) is 32.1 Å². The molecule has 2 nitrogen and oxygen atoms in total. The highest BCUT2D eigenvalue weighted by atomic mass is 16.3. The van der Waals surface area contributed by atoms with Gasteiger partial charge in [0.05, 0.1) is 12.3 Å². The van der Waals surface area contributed by atoms with Crippen LogP contribution in [0.1, 0.15) is 57.3 Å². The van der Waals surface area contributed by atoms with Crippen LogP contribution in [0.15, 0.2) is 22.8 Å². The Bertz CT molecular complexity index is 218. The fraction of sp³-hybridized carbons (Fsp3) is 0.667. The minimum atomic E-state index is 0.0895. The summed E-state index contributed by atoms with van der Waals surface area (Å²) < 4.78 is 5.25. The van der Waals surface area contributed by atoms with Crippen molar-refractivity contribution in [2.75, 3.05) is 0 Å². The third-order valence-electron chi connectivity index (χ3n) is 2.53. The number of furan rings is 1. The normalized spacial score (nSPS) is 13.0. The second-order valence-corrected chi connectivity index (χ2v) is 3.82. The molecule has 0 aromatic carbocycles. The van der Waals surface area contributed by atoms with Crippen molar-refractivity contribution < 1.29 is 4.42 Å². The van der Waals surface area contributed by atoms with Crippen LogP contribution in [0.3, 0.4) is 0 Å². The van der Waals surface area contributed by atoms with Gasteiger partial charge in [0.25, 0.3) is 0 Å². The average Bonchev–Trinajstić information content (AvgIpc) is 2.70. The molecule has 0 aliphatic heterocycles. The monoisotopic (exact) mass is 195 g/mol. The van der Waals surface area contributed by atoms with E-state index in [0.717, 1.165) is 12.2 Å². The molecule has 0 aliphatic rings. The number of hydrogen-bond donors (Lipinski definition) is 1. The summed E-state index contributed by atoms with van der Waals surface area (Å²) in [6.45, 7) is 2.23. The number of rotatable bonds is 7. The Morgan fingerprint density at radius 3 is 2.71 bits per heavy atom. The van der Waals surface area contributed by atoms with Gasteiger partial charge < -0.3 is 10.2 Å². The van der Waals surface area contributed by atoms with Gasteiger partial charge in [0.2, 0.25) is 0 Å². The third kappa shape index (κ3) is 3.97. The maximum absolute atomic E-state index is 5.96. The quantitative estimate of drug-likeness (QED) is 0.675. The molecule has 1 aromatic heterocycles. The summed E-state index contributed by atoms with van der Waals surface area (Å²) in [6, 6.07) is 3.94. The lowest BCUT2D eigenvalue weighted by Gasteiger charge is -2.07. The topological polar surface area (TPSA) is 39.2 Å². The molecule has 80 valence electrons. The molecule has 1 aromatic rings. The molecule has 0 amide bonds. The number of hydrogen-bond acceptors (Lipinski definition) is 2. The minimum Gasteiger partial charge on any atom is -0.468 e. The highest BCUT2D eigenvalue weighted by Gasteiger charge is 2.07. The lowest BCUT2D eigenvalue weighted by Crippen LogP contribution is -2.08. The molecule has 0 fully saturated rings. The first kappa shape index (κ1) is 11.3. The molecule has 0 bridgehead atoms. The van der Waals surface area contributed by atoms with Crippen LogP contribution >= 0.6 is 0 Å². The zero-order valence-corrected chi connectivity index (χ0v) is 9.04. The second kappa shape index (κ2) is 6.66. The van der Waals surface area contributed by atoms with E-state index in [-0.39, 0.29) is 6.04 Å². The van der Waals surface area contributed by atoms with Crippen LogP contribution in [0, 0.1) is 0 Å². The first-order valence-corrected chi connectivity index (χ1v) is 5.63. The molecule has 0 aliphatic carbocycles. The summed E-state index contributed by atoms with van der Waals surface area (Å²) in [4.78, 5) is 0. The number of unbranched alkanes of at least 4 members (excludes halogenated alkanes) is 4. The molecule has 0 saturated carbocycles. The Hall–Kier alpha value is -0.760. The van der Waals surface area contributed by atoms with Crippen LogP contribution in [-0.4, -0.2) is 0 Å². The zero-order chi connectivity index (χ0) is 10.2. The standard InChI is InChI=1S/C12H21NO/c1-2-3-4-5-6-8-11(13)12-9-7-10-14-12/h7,9-11H,2-6,8,13H2,1H3/t11-/m1/s1. The van der Waals surface area contributed by atoms with Crippen molar-refractivity contribution >= 4 is 0 Å². The Labute approximate surface area is 86.5 Å². The van der Waals surface area contributed by atoms with Gasteiger partial charge in [-0.1, -0.05) is 39.0 Å². The molecule has 0 saturated heterocycles. The molecule has 0 spiro atoms. The van der Waals surface area contributed by atoms with E-state index in [1.54, 1.807) is 6.26 Å². The SMILES string of the molecule is CCCCCCC[C@@H](N)c1ccco1. The average molecular weight is 195 g/mol. The van der Waals surface area contributed by atoms with Crippen molar-refractivity contribution in [1.29, 1.82) is 0 Å². The molecule has 2 N–H and O–H groups in total. The Morgan fingerprint density at radius 2 is 2.07 bits per heavy atom. The molecule has 14 heavy (non-hydrogen) atoms. The van der Waals surface area contributed by atoms with Crippen LogP contribution < -0.4 is 5.73 Å². The Balaban J connectivity index is 2.07. The second-order valence-electron chi connectivity index (χ2n) is 3.82. The first-order valence-electron chi connectivity index (χ1n) is 5.63. The third-order valence-corrected chi connectivity index (χ3v) is 2.53. The minimum absolute atomic E-state index is 0.0895. The summed E-state index contributed by atoms with van der Waals surface area (Å²) in [7, 11) is 0. The van der Waals surface area contributed by atoms with Crippen molar-refractivity contribution in [2.24, 2.45) is 5.73 Å². The van der Waals surface area contributed by atoms with E-state index in [4.69, 9.17) is 10.2 Å². The summed E-state index contributed by atoms with van der Waals surface area (Å²) in [5, 5.41) is 0. The van der Waals surface area contributed by atoms with Crippen LogP contribution in [0.4, 0.5) is 0 Å².